The number of thioether (sulfide) groups is 1. The average molecular weight is 336 g/mol. The minimum absolute atomic E-state index is 0.0371. The van der Waals surface area contributed by atoms with E-state index in [2.05, 4.69) is 23.7 Å². The molecule has 3 aliphatic rings. The van der Waals surface area contributed by atoms with Gasteiger partial charge in [0.15, 0.2) is 5.17 Å². The number of carbonyl (C=O) groups excluding carboxylic acids is 2. The molecule has 6 nitrogen and oxygen atoms in total. The third kappa shape index (κ3) is 3.24. The van der Waals surface area contributed by atoms with Crippen LogP contribution < -0.4 is 0 Å². The molecular weight excluding hydrogens is 312 g/mol. The number of hydrogen-bond donors (Lipinski definition) is 0. The summed E-state index contributed by atoms with van der Waals surface area (Å²) in [6.07, 6.45) is 0.355. The molecule has 1 atom stereocenters. The van der Waals surface area contributed by atoms with Gasteiger partial charge in [0.1, 0.15) is 6.04 Å². The van der Waals surface area contributed by atoms with E-state index in [1.807, 2.05) is 17.2 Å². The highest BCUT2D eigenvalue weighted by Crippen LogP contribution is 2.31. The van der Waals surface area contributed by atoms with Crippen LogP contribution in [0.1, 0.15) is 27.2 Å². The molecule has 0 spiro atoms. The van der Waals surface area contributed by atoms with Gasteiger partial charge in [-0.05, 0) is 18.2 Å². The lowest BCUT2D eigenvalue weighted by Crippen LogP contribution is -2.58. The summed E-state index contributed by atoms with van der Waals surface area (Å²) in [6.45, 7) is 9.74. The first-order chi connectivity index (χ1) is 11.0. The molecule has 0 N–H and O–H groups in total. The Kier molecular flexibility index (Phi) is 4.66. The first-order valence-corrected chi connectivity index (χ1v) is 9.11. The summed E-state index contributed by atoms with van der Waals surface area (Å²) in [7, 11) is 0. The molecule has 23 heavy (non-hydrogen) atoms. The molecule has 0 unspecified atom stereocenters. The molecule has 0 aliphatic carbocycles. The first kappa shape index (κ1) is 16.4. The second-order valence-electron chi connectivity index (χ2n) is 6.66. The molecule has 7 heteroatoms. The number of amidine groups is 1. The standard InChI is InChI=1S/C16H24N4O2S/c1-11(2)9-18-6-7-19(12(3)15(18)22)14(21)8-13-10-23-16-17-4-5-20(13)16/h10-12H,4-9H2,1-3H3/t12-/m0/s1. The van der Waals surface area contributed by atoms with Crippen molar-refractivity contribution in [2.75, 3.05) is 32.7 Å². The zero-order valence-corrected chi connectivity index (χ0v) is 14.8. The molecule has 0 aromatic carbocycles. The Balaban J connectivity index is 1.60. The molecule has 0 aromatic rings. The van der Waals surface area contributed by atoms with Gasteiger partial charge < -0.3 is 14.7 Å². The van der Waals surface area contributed by atoms with E-state index in [9.17, 15) is 9.59 Å². The van der Waals surface area contributed by atoms with Crippen molar-refractivity contribution in [2.45, 2.75) is 33.2 Å². The van der Waals surface area contributed by atoms with Crippen molar-refractivity contribution in [3.05, 3.63) is 11.1 Å². The van der Waals surface area contributed by atoms with Gasteiger partial charge in [-0.1, -0.05) is 25.6 Å². The fourth-order valence-electron chi connectivity index (χ4n) is 3.26. The van der Waals surface area contributed by atoms with Gasteiger partial charge in [-0.25, -0.2) is 0 Å². The van der Waals surface area contributed by atoms with Crippen LogP contribution in [-0.2, 0) is 9.59 Å². The number of nitrogens with zero attached hydrogens (tertiary/aromatic N) is 4. The molecule has 1 fully saturated rings. The molecule has 3 heterocycles. The number of amides is 2. The van der Waals surface area contributed by atoms with Crippen molar-refractivity contribution in [1.82, 2.24) is 14.7 Å². The number of hydrogen-bond acceptors (Lipinski definition) is 5. The number of piperazine rings is 1. The summed E-state index contributed by atoms with van der Waals surface area (Å²) in [6, 6.07) is -0.364. The number of rotatable bonds is 4. The lowest BCUT2D eigenvalue weighted by Gasteiger charge is -2.40. The second-order valence-corrected chi connectivity index (χ2v) is 7.50. The number of fused-ring (bicyclic) bond motifs is 1. The van der Waals surface area contributed by atoms with E-state index in [-0.39, 0.29) is 17.9 Å². The van der Waals surface area contributed by atoms with Crippen LogP contribution in [0.5, 0.6) is 0 Å². The molecule has 2 amide bonds. The summed E-state index contributed by atoms with van der Waals surface area (Å²) in [5, 5.41) is 3.01. The highest BCUT2D eigenvalue weighted by atomic mass is 32.2. The van der Waals surface area contributed by atoms with E-state index in [1.165, 1.54) is 0 Å². The Bertz CT molecular complexity index is 572. The fourth-order valence-corrected chi connectivity index (χ4v) is 4.22. The molecule has 0 bridgehead atoms. The van der Waals surface area contributed by atoms with Crippen molar-refractivity contribution < 1.29 is 9.59 Å². The van der Waals surface area contributed by atoms with E-state index >= 15 is 0 Å². The lowest BCUT2D eigenvalue weighted by molar-refractivity contribution is -0.150. The van der Waals surface area contributed by atoms with E-state index in [0.29, 0.717) is 25.4 Å². The molecule has 0 aromatic heterocycles. The van der Waals surface area contributed by atoms with Crippen molar-refractivity contribution >= 4 is 28.7 Å². The predicted octanol–water partition coefficient (Wildman–Crippen LogP) is 1.35. The van der Waals surface area contributed by atoms with Crippen molar-refractivity contribution in [2.24, 2.45) is 10.9 Å². The summed E-state index contributed by atoms with van der Waals surface area (Å²) >= 11 is 1.59. The maximum absolute atomic E-state index is 12.7. The Morgan fingerprint density at radius 1 is 1.39 bits per heavy atom. The van der Waals surface area contributed by atoms with Gasteiger partial charge in [-0.15, -0.1) is 0 Å². The van der Waals surface area contributed by atoms with Crippen LogP contribution in [-0.4, -0.2) is 70.4 Å². The van der Waals surface area contributed by atoms with E-state index in [0.717, 1.165) is 30.5 Å². The summed E-state index contributed by atoms with van der Waals surface area (Å²) < 4.78 is 0. The molecule has 0 radical (unpaired) electrons. The largest absolute Gasteiger partial charge is 0.339 e. The van der Waals surface area contributed by atoms with Crippen molar-refractivity contribution in [3.63, 3.8) is 0 Å². The summed E-state index contributed by atoms with van der Waals surface area (Å²) in [5.41, 5.74) is 1.01. The van der Waals surface area contributed by atoms with Gasteiger partial charge in [-0.3, -0.25) is 14.6 Å². The minimum Gasteiger partial charge on any atom is -0.339 e. The predicted molar refractivity (Wildman–Crippen MR) is 91.9 cm³/mol. The van der Waals surface area contributed by atoms with Gasteiger partial charge in [0.05, 0.1) is 13.0 Å². The number of carbonyl (C=O) groups is 2. The zero-order valence-electron chi connectivity index (χ0n) is 14.0. The topological polar surface area (TPSA) is 56.2 Å². The fraction of sp³-hybridized carbons (Fsp3) is 0.688. The molecule has 1 saturated heterocycles. The highest BCUT2D eigenvalue weighted by molar-refractivity contribution is 8.16. The smallest absolute Gasteiger partial charge is 0.245 e. The third-order valence-electron chi connectivity index (χ3n) is 4.43. The van der Waals surface area contributed by atoms with E-state index in [1.54, 1.807) is 16.7 Å². The Hall–Kier alpha value is -1.50. The van der Waals surface area contributed by atoms with E-state index in [4.69, 9.17) is 0 Å². The van der Waals surface area contributed by atoms with Gasteiger partial charge in [-0.2, -0.15) is 0 Å². The maximum Gasteiger partial charge on any atom is 0.245 e. The third-order valence-corrected chi connectivity index (χ3v) is 5.38. The average Bonchev–Trinajstić information content (AvgIpc) is 3.08. The zero-order chi connectivity index (χ0) is 16.6. The maximum atomic E-state index is 12.7. The Morgan fingerprint density at radius 2 is 2.17 bits per heavy atom. The van der Waals surface area contributed by atoms with Crippen LogP contribution in [0.2, 0.25) is 0 Å². The molecule has 0 saturated carbocycles. The van der Waals surface area contributed by atoms with Crippen LogP contribution in [0.4, 0.5) is 0 Å². The summed E-state index contributed by atoms with van der Waals surface area (Å²) in [5.74, 6) is 0.550. The van der Waals surface area contributed by atoms with Gasteiger partial charge >= 0.3 is 0 Å². The monoisotopic (exact) mass is 336 g/mol. The first-order valence-electron chi connectivity index (χ1n) is 8.23. The SMILES string of the molecule is CC(C)CN1CCN(C(=O)CC2=CSC3=NCCN23)[C@@H](C)C1=O. The molecule has 126 valence electrons. The minimum atomic E-state index is -0.364. The Morgan fingerprint density at radius 3 is 2.91 bits per heavy atom. The van der Waals surface area contributed by atoms with Crippen molar-refractivity contribution in [1.29, 1.82) is 0 Å². The van der Waals surface area contributed by atoms with Crippen LogP contribution in [0.25, 0.3) is 0 Å². The highest BCUT2D eigenvalue weighted by Gasteiger charge is 2.36. The number of aliphatic imine (C=N–C) groups is 1. The van der Waals surface area contributed by atoms with Gasteiger partial charge in [0.2, 0.25) is 11.8 Å². The van der Waals surface area contributed by atoms with Gasteiger partial charge in [0, 0.05) is 31.9 Å². The van der Waals surface area contributed by atoms with E-state index < -0.39 is 0 Å². The lowest BCUT2D eigenvalue weighted by atomic mass is 10.1. The normalized spacial score (nSPS) is 24.3. The second kappa shape index (κ2) is 6.55. The molecular formula is C16H24N4O2S. The summed E-state index contributed by atoms with van der Waals surface area (Å²) in [4.78, 5) is 35.3. The quantitative estimate of drug-likeness (QED) is 0.778. The van der Waals surface area contributed by atoms with Crippen LogP contribution in [0.15, 0.2) is 16.1 Å². The van der Waals surface area contributed by atoms with Crippen LogP contribution >= 0.6 is 11.8 Å². The molecule has 3 aliphatic heterocycles. The van der Waals surface area contributed by atoms with Crippen LogP contribution in [0, 0.1) is 5.92 Å². The van der Waals surface area contributed by atoms with Gasteiger partial charge in [0.25, 0.3) is 0 Å². The van der Waals surface area contributed by atoms with Crippen LogP contribution in [0.3, 0.4) is 0 Å². The van der Waals surface area contributed by atoms with Crippen molar-refractivity contribution in [3.8, 4) is 0 Å². The Labute approximate surface area is 141 Å². The molecule has 3 rings (SSSR count).